The lowest BCUT2D eigenvalue weighted by atomic mass is 10.1. The Bertz CT molecular complexity index is 760. The highest BCUT2D eigenvalue weighted by molar-refractivity contribution is 7.18. The first-order chi connectivity index (χ1) is 11.7. The second-order valence-corrected chi connectivity index (χ2v) is 7.13. The average molecular weight is 365 g/mol. The Kier molecular flexibility index (Phi) is 5.50. The molecule has 0 saturated heterocycles. The van der Waals surface area contributed by atoms with Gasteiger partial charge in [0.15, 0.2) is 0 Å². The number of amides is 1. The molecule has 0 bridgehead atoms. The van der Waals surface area contributed by atoms with Crippen LogP contribution < -0.4 is 5.32 Å². The van der Waals surface area contributed by atoms with Crippen molar-refractivity contribution < 1.29 is 14.4 Å². The van der Waals surface area contributed by atoms with Gasteiger partial charge < -0.3 is 14.9 Å². The minimum Gasteiger partial charge on any atom is -0.382 e. The van der Waals surface area contributed by atoms with Crippen LogP contribution in [0.15, 0.2) is 41.6 Å². The van der Waals surface area contributed by atoms with Gasteiger partial charge in [-0.05, 0) is 23.3 Å². The number of nitrogens with zero attached hydrogens (tertiary/aromatic N) is 1. The highest BCUT2D eigenvalue weighted by Crippen LogP contribution is 2.26. The fourth-order valence-electron chi connectivity index (χ4n) is 2.43. The molecule has 0 spiro atoms. The van der Waals surface area contributed by atoms with Gasteiger partial charge in [-0.2, -0.15) is 0 Å². The van der Waals surface area contributed by atoms with E-state index in [4.69, 9.17) is 21.2 Å². The van der Waals surface area contributed by atoms with E-state index >= 15 is 0 Å². The van der Waals surface area contributed by atoms with Crippen molar-refractivity contribution in [1.29, 1.82) is 0 Å². The van der Waals surface area contributed by atoms with Crippen LogP contribution in [0.25, 0.3) is 0 Å². The van der Waals surface area contributed by atoms with Crippen molar-refractivity contribution in [1.82, 2.24) is 5.32 Å². The monoisotopic (exact) mass is 364 g/mol. The molecule has 1 aliphatic heterocycles. The largest absolute Gasteiger partial charge is 0.382 e. The molecule has 126 valence electrons. The molecule has 1 unspecified atom stereocenters. The Morgan fingerprint density at radius 3 is 3.00 bits per heavy atom. The lowest BCUT2D eigenvalue weighted by Gasteiger charge is -2.10. The molecule has 7 heteroatoms. The summed E-state index contributed by atoms with van der Waals surface area (Å²) in [5, 5.41) is 6.89. The van der Waals surface area contributed by atoms with Crippen molar-refractivity contribution >= 4 is 34.6 Å². The number of hydrogen-bond acceptors (Lipinski definition) is 5. The maximum Gasteiger partial charge on any atom is 0.264 e. The number of thiophene rings is 1. The van der Waals surface area contributed by atoms with E-state index in [0.29, 0.717) is 23.9 Å². The number of carbonyl (C=O) groups excluding carboxylic acids is 1. The van der Waals surface area contributed by atoms with E-state index in [2.05, 4.69) is 10.5 Å². The van der Waals surface area contributed by atoms with Crippen molar-refractivity contribution in [3.8, 4) is 0 Å². The quantitative estimate of drug-likeness (QED) is 0.855. The molecular weight excluding hydrogens is 348 g/mol. The van der Waals surface area contributed by atoms with Gasteiger partial charge in [0.2, 0.25) is 6.10 Å². The lowest BCUT2D eigenvalue weighted by molar-refractivity contribution is -0.131. The maximum atomic E-state index is 12.3. The summed E-state index contributed by atoms with van der Waals surface area (Å²) in [6.07, 6.45) is -0.144. The smallest absolute Gasteiger partial charge is 0.264 e. The van der Waals surface area contributed by atoms with Gasteiger partial charge in [0.05, 0.1) is 15.8 Å². The van der Waals surface area contributed by atoms with E-state index in [1.54, 1.807) is 7.11 Å². The Labute approximate surface area is 149 Å². The van der Waals surface area contributed by atoms with Crippen LogP contribution in [0.3, 0.4) is 0 Å². The zero-order valence-corrected chi connectivity index (χ0v) is 14.7. The van der Waals surface area contributed by atoms with Crippen LogP contribution in [0.4, 0.5) is 0 Å². The Balaban J connectivity index is 1.52. The first-order valence-electron chi connectivity index (χ1n) is 7.48. The van der Waals surface area contributed by atoms with Gasteiger partial charge in [-0.15, -0.1) is 11.3 Å². The number of ether oxygens (including phenoxy) is 1. The number of oxime groups is 1. The normalized spacial score (nSPS) is 16.6. The van der Waals surface area contributed by atoms with Gasteiger partial charge in [-0.1, -0.05) is 41.0 Å². The molecule has 0 saturated carbocycles. The van der Waals surface area contributed by atoms with Crippen LogP contribution in [-0.2, 0) is 27.5 Å². The lowest BCUT2D eigenvalue weighted by Crippen LogP contribution is -2.34. The number of halogens is 1. The first-order valence-corrected chi connectivity index (χ1v) is 8.68. The molecule has 5 nitrogen and oxygen atoms in total. The van der Waals surface area contributed by atoms with E-state index < -0.39 is 6.10 Å². The van der Waals surface area contributed by atoms with Crippen LogP contribution in [-0.4, -0.2) is 24.8 Å². The van der Waals surface area contributed by atoms with Gasteiger partial charge in [0.1, 0.15) is 5.71 Å². The van der Waals surface area contributed by atoms with E-state index in [9.17, 15) is 4.79 Å². The number of hydrogen-bond donors (Lipinski definition) is 1. The second kappa shape index (κ2) is 7.79. The predicted octanol–water partition coefficient (Wildman–Crippen LogP) is 3.36. The molecule has 24 heavy (non-hydrogen) atoms. The fraction of sp³-hybridized carbons (Fsp3) is 0.294. The molecule has 0 fully saturated rings. The van der Waals surface area contributed by atoms with E-state index in [-0.39, 0.29) is 5.91 Å². The van der Waals surface area contributed by atoms with Crippen molar-refractivity contribution in [2.45, 2.75) is 25.7 Å². The highest BCUT2D eigenvalue weighted by atomic mass is 35.5. The number of benzene rings is 1. The molecule has 0 aliphatic carbocycles. The maximum absolute atomic E-state index is 12.3. The van der Waals surface area contributed by atoms with Crippen molar-refractivity contribution in [2.75, 3.05) is 7.11 Å². The summed E-state index contributed by atoms with van der Waals surface area (Å²) in [7, 11) is 1.66. The van der Waals surface area contributed by atoms with Crippen LogP contribution in [0.5, 0.6) is 0 Å². The summed E-state index contributed by atoms with van der Waals surface area (Å²) in [6, 6.07) is 11.6. The Morgan fingerprint density at radius 2 is 2.25 bits per heavy atom. The fourth-order valence-corrected chi connectivity index (χ4v) is 3.47. The van der Waals surface area contributed by atoms with Crippen LogP contribution >= 0.6 is 22.9 Å². The summed E-state index contributed by atoms with van der Waals surface area (Å²) in [5.74, 6) is -0.173. The van der Waals surface area contributed by atoms with Crippen molar-refractivity contribution in [3.05, 3.63) is 56.7 Å². The van der Waals surface area contributed by atoms with Crippen LogP contribution in [0.1, 0.15) is 22.4 Å². The van der Waals surface area contributed by atoms with E-state index in [1.807, 2.05) is 36.4 Å². The van der Waals surface area contributed by atoms with Gasteiger partial charge in [0.25, 0.3) is 5.91 Å². The number of nitrogens with one attached hydrogen (secondary N) is 1. The van der Waals surface area contributed by atoms with Crippen molar-refractivity contribution in [2.24, 2.45) is 5.16 Å². The Hall–Kier alpha value is -1.89. The summed E-state index contributed by atoms with van der Waals surface area (Å²) >= 11 is 7.35. The molecule has 3 rings (SSSR count). The van der Waals surface area contributed by atoms with Gasteiger partial charge in [0, 0.05) is 20.1 Å². The second-order valence-electron chi connectivity index (χ2n) is 5.41. The third-order valence-electron chi connectivity index (χ3n) is 3.59. The molecular formula is C17H17ClN2O3S. The average Bonchev–Trinajstić information content (AvgIpc) is 3.22. The number of rotatable bonds is 6. The van der Waals surface area contributed by atoms with E-state index in [0.717, 1.165) is 21.7 Å². The zero-order chi connectivity index (χ0) is 16.9. The summed E-state index contributed by atoms with van der Waals surface area (Å²) < 4.78 is 5.81. The SMILES string of the molecule is COCc1cccc(CNC(=O)C2CC(c3ccc(Cl)s3)=NO2)c1. The first kappa shape index (κ1) is 17.0. The zero-order valence-electron chi connectivity index (χ0n) is 13.1. The standard InChI is InChI=1S/C17H17ClN2O3S/c1-22-10-12-4-2-3-11(7-12)9-19-17(21)14-8-13(20-23-14)15-5-6-16(18)24-15/h2-7,14H,8-10H2,1H3,(H,19,21). The predicted molar refractivity (Wildman–Crippen MR) is 94.4 cm³/mol. The topological polar surface area (TPSA) is 59.9 Å². The molecule has 1 amide bonds. The van der Waals surface area contributed by atoms with Crippen molar-refractivity contribution in [3.63, 3.8) is 0 Å². The summed E-state index contributed by atoms with van der Waals surface area (Å²) in [5.41, 5.74) is 2.85. The molecule has 2 heterocycles. The molecule has 1 aromatic heterocycles. The third-order valence-corrected chi connectivity index (χ3v) is 4.87. The highest BCUT2D eigenvalue weighted by Gasteiger charge is 2.29. The minimum atomic E-state index is -0.594. The molecule has 1 N–H and O–H groups in total. The third kappa shape index (κ3) is 4.14. The molecule has 0 radical (unpaired) electrons. The molecule has 1 atom stereocenters. The van der Waals surface area contributed by atoms with Crippen LogP contribution in [0.2, 0.25) is 4.34 Å². The van der Waals surface area contributed by atoms with E-state index in [1.165, 1.54) is 11.3 Å². The minimum absolute atomic E-state index is 0.173. The molecule has 1 aromatic carbocycles. The van der Waals surface area contributed by atoms with Gasteiger partial charge in [-0.25, -0.2) is 0 Å². The summed E-state index contributed by atoms with van der Waals surface area (Å²) in [4.78, 5) is 18.4. The molecule has 2 aromatic rings. The van der Waals surface area contributed by atoms with Gasteiger partial charge >= 0.3 is 0 Å². The van der Waals surface area contributed by atoms with Gasteiger partial charge in [-0.3, -0.25) is 4.79 Å². The number of methoxy groups -OCH3 is 1. The summed E-state index contributed by atoms with van der Waals surface area (Å²) in [6.45, 7) is 0.991. The number of carbonyl (C=O) groups is 1. The van der Waals surface area contributed by atoms with Crippen LogP contribution in [0, 0.1) is 0 Å². The molecule has 1 aliphatic rings. The Morgan fingerprint density at radius 1 is 1.42 bits per heavy atom.